The molecule has 10 heteroatoms. The average Bonchev–Trinajstić information content (AvgIpc) is 3.47. The first-order valence-electron chi connectivity index (χ1n) is 10.6. The first kappa shape index (κ1) is 23.1. The number of nitrogens with one attached hydrogen (secondary N) is 1. The Kier molecular flexibility index (Phi) is 6.06. The van der Waals surface area contributed by atoms with Crippen LogP contribution in [-0.4, -0.2) is 41.9 Å². The molecule has 0 unspecified atom stereocenters. The number of hydrogen-bond acceptors (Lipinski definition) is 6. The minimum Gasteiger partial charge on any atom is -0.338 e. The number of hydrogen-bond donors (Lipinski definition) is 1. The van der Waals surface area contributed by atoms with E-state index in [9.17, 15) is 17.6 Å². The Morgan fingerprint density at radius 3 is 2.36 bits per heavy atom. The molecule has 8 nitrogen and oxygen atoms in total. The molecule has 1 aromatic heterocycles. The maximum absolute atomic E-state index is 14.3. The lowest BCUT2D eigenvalue weighted by molar-refractivity contribution is 0.102. The minimum atomic E-state index is -3.99. The van der Waals surface area contributed by atoms with Crippen molar-refractivity contribution < 1.29 is 22.1 Å². The highest BCUT2D eigenvalue weighted by Gasteiger charge is 2.30. The molecular formula is C23H25FN4O4S. The molecule has 1 fully saturated rings. The zero-order valence-corrected chi connectivity index (χ0v) is 19.4. The molecule has 33 heavy (non-hydrogen) atoms. The second-order valence-electron chi connectivity index (χ2n) is 8.96. The fourth-order valence-electron chi connectivity index (χ4n) is 3.46. The molecular weight excluding hydrogens is 447 g/mol. The summed E-state index contributed by atoms with van der Waals surface area (Å²) in [6.07, 6.45) is 1.47. The summed E-state index contributed by atoms with van der Waals surface area (Å²) in [5.41, 5.74) is 0.978. The zero-order chi connectivity index (χ0) is 23.8. The van der Waals surface area contributed by atoms with Crippen molar-refractivity contribution in [1.29, 1.82) is 0 Å². The van der Waals surface area contributed by atoms with E-state index in [-0.39, 0.29) is 11.0 Å². The van der Waals surface area contributed by atoms with Crippen LogP contribution in [0.25, 0.3) is 11.4 Å². The minimum absolute atomic E-state index is 0.0474. The van der Waals surface area contributed by atoms with Gasteiger partial charge in [-0.2, -0.15) is 9.29 Å². The van der Waals surface area contributed by atoms with Gasteiger partial charge in [-0.3, -0.25) is 4.79 Å². The Morgan fingerprint density at radius 2 is 1.76 bits per heavy atom. The highest BCUT2D eigenvalue weighted by atomic mass is 32.2. The van der Waals surface area contributed by atoms with Crippen molar-refractivity contribution in [1.82, 2.24) is 14.4 Å². The van der Waals surface area contributed by atoms with Gasteiger partial charge < -0.3 is 9.84 Å². The number of nitrogens with zero attached hydrogens (tertiary/aromatic N) is 3. The van der Waals surface area contributed by atoms with Crippen molar-refractivity contribution in [2.45, 2.75) is 43.9 Å². The molecule has 1 amide bonds. The van der Waals surface area contributed by atoms with Crippen molar-refractivity contribution in [2.75, 3.05) is 18.4 Å². The standard InChI is InChI=1S/C23H25FN4O4S/c1-23(2,3)22-26-20(27-32-22)15-6-9-17(10-7-15)25-21(29)16-8-11-18(24)19(14-16)33(30,31)28-12-4-5-13-28/h6-11,14H,4-5,12-13H2,1-3H3,(H,25,29). The number of halogens is 1. The SMILES string of the molecule is CC(C)(C)c1nc(-c2ccc(NC(=O)c3ccc(F)c(S(=O)(=O)N4CCCC4)c3)cc2)no1. The Labute approximate surface area is 191 Å². The Bertz CT molecular complexity index is 1270. The van der Waals surface area contributed by atoms with E-state index >= 15 is 0 Å². The van der Waals surface area contributed by atoms with Crippen LogP contribution >= 0.6 is 0 Å². The van der Waals surface area contributed by atoms with Crippen LogP contribution in [0.3, 0.4) is 0 Å². The molecule has 2 aromatic carbocycles. The lowest BCUT2D eigenvalue weighted by Gasteiger charge is -2.16. The second kappa shape index (κ2) is 8.68. The highest BCUT2D eigenvalue weighted by Crippen LogP contribution is 2.26. The fourth-order valence-corrected chi connectivity index (χ4v) is 5.07. The first-order chi connectivity index (χ1) is 15.6. The smallest absolute Gasteiger partial charge is 0.255 e. The van der Waals surface area contributed by atoms with E-state index in [0.717, 1.165) is 25.0 Å². The number of aromatic nitrogens is 2. The van der Waals surface area contributed by atoms with Gasteiger partial charge in [-0.25, -0.2) is 12.8 Å². The summed E-state index contributed by atoms with van der Waals surface area (Å²) < 4.78 is 46.4. The van der Waals surface area contributed by atoms with E-state index in [0.29, 0.717) is 36.1 Å². The molecule has 174 valence electrons. The summed E-state index contributed by atoms with van der Waals surface area (Å²) in [4.78, 5) is 16.6. The molecule has 3 aromatic rings. The Hall–Kier alpha value is -3.11. The first-order valence-corrected chi connectivity index (χ1v) is 12.1. The van der Waals surface area contributed by atoms with Crippen LogP contribution in [0.4, 0.5) is 10.1 Å². The molecule has 0 atom stereocenters. The number of amides is 1. The topological polar surface area (TPSA) is 105 Å². The molecule has 4 rings (SSSR count). The number of carbonyl (C=O) groups excluding carboxylic acids is 1. The monoisotopic (exact) mass is 472 g/mol. The van der Waals surface area contributed by atoms with Crippen LogP contribution < -0.4 is 5.32 Å². The quantitative estimate of drug-likeness (QED) is 0.596. The summed E-state index contributed by atoms with van der Waals surface area (Å²) in [5.74, 6) is -0.466. The predicted octanol–water partition coefficient (Wildman–Crippen LogP) is 4.21. The van der Waals surface area contributed by atoms with Crippen LogP contribution in [0.5, 0.6) is 0 Å². The zero-order valence-electron chi connectivity index (χ0n) is 18.6. The molecule has 2 heterocycles. The van der Waals surface area contributed by atoms with E-state index in [1.165, 1.54) is 10.4 Å². The van der Waals surface area contributed by atoms with Crippen LogP contribution in [0, 0.1) is 5.82 Å². The Morgan fingerprint density at radius 1 is 1.09 bits per heavy atom. The summed E-state index contributed by atoms with van der Waals surface area (Å²) in [6.45, 7) is 6.62. The summed E-state index contributed by atoms with van der Waals surface area (Å²) in [6, 6.07) is 10.2. The van der Waals surface area contributed by atoms with Gasteiger partial charge in [0, 0.05) is 35.3 Å². The molecule has 0 spiro atoms. The number of anilines is 1. The highest BCUT2D eigenvalue weighted by molar-refractivity contribution is 7.89. The van der Waals surface area contributed by atoms with Gasteiger partial charge in [-0.05, 0) is 55.3 Å². The van der Waals surface area contributed by atoms with Crippen LogP contribution in [0.15, 0.2) is 51.9 Å². The van der Waals surface area contributed by atoms with Crippen LogP contribution in [0.2, 0.25) is 0 Å². The van der Waals surface area contributed by atoms with Gasteiger partial charge in [0.15, 0.2) is 0 Å². The van der Waals surface area contributed by atoms with E-state index in [2.05, 4.69) is 15.5 Å². The Balaban J connectivity index is 1.51. The third-order valence-corrected chi connectivity index (χ3v) is 7.26. The fraction of sp³-hybridized carbons (Fsp3) is 0.348. The van der Waals surface area contributed by atoms with Crippen LogP contribution in [-0.2, 0) is 15.4 Å². The molecule has 1 aliphatic rings. The van der Waals surface area contributed by atoms with Gasteiger partial charge in [-0.1, -0.05) is 25.9 Å². The number of carbonyl (C=O) groups is 1. The van der Waals surface area contributed by atoms with E-state index in [4.69, 9.17) is 4.52 Å². The van der Waals surface area contributed by atoms with Crippen LogP contribution in [0.1, 0.15) is 49.9 Å². The lowest BCUT2D eigenvalue weighted by atomic mass is 9.97. The van der Waals surface area contributed by atoms with E-state index in [1.807, 2.05) is 20.8 Å². The molecule has 1 aliphatic heterocycles. The molecule has 1 N–H and O–H groups in total. The maximum Gasteiger partial charge on any atom is 0.255 e. The van der Waals surface area contributed by atoms with Gasteiger partial charge in [0.25, 0.3) is 5.91 Å². The van der Waals surface area contributed by atoms with Crippen molar-refractivity contribution in [2.24, 2.45) is 0 Å². The van der Waals surface area contributed by atoms with Gasteiger partial charge in [-0.15, -0.1) is 0 Å². The predicted molar refractivity (Wildman–Crippen MR) is 121 cm³/mol. The third kappa shape index (κ3) is 4.81. The van der Waals surface area contributed by atoms with Crippen molar-refractivity contribution in [3.63, 3.8) is 0 Å². The molecule has 1 saturated heterocycles. The third-order valence-electron chi connectivity index (χ3n) is 5.34. The summed E-state index contributed by atoms with van der Waals surface area (Å²) in [7, 11) is -3.99. The molecule has 0 bridgehead atoms. The van der Waals surface area contributed by atoms with Crippen molar-refractivity contribution in [3.8, 4) is 11.4 Å². The number of sulfonamides is 1. The number of benzene rings is 2. The number of rotatable bonds is 5. The van der Waals surface area contributed by atoms with Crippen molar-refractivity contribution >= 4 is 21.6 Å². The molecule has 0 aliphatic carbocycles. The second-order valence-corrected chi connectivity index (χ2v) is 10.9. The average molecular weight is 473 g/mol. The largest absolute Gasteiger partial charge is 0.338 e. The van der Waals surface area contributed by atoms with E-state index < -0.39 is 26.6 Å². The maximum atomic E-state index is 14.3. The lowest BCUT2D eigenvalue weighted by Crippen LogP contribution is -2.29. The molecule has 0 radical (unpaired) electrons. The van der Waals surface area contributed by atoms with Crippen molar-refractivity contribution in [3.05, 3.63) is 59.7 Å². The van der Waals surface area contributed by atoms with Gasteiger partial charge in [0.05, 0.1) is 0 Å². The van der Waals surface area contributed by atoms with Gasteiger partial charge in [0.2, 0.25) is 21.7 Å². The molecule has 0 saturated carbocycles. The summed E-state index contributed by atoms with van der Waals surface area (Å²) in [5, 5.41) is 6.69. The van der Waals surface area contributed by atoms with E-state index in [1.54, 1.807) is 24.3 Å². The normalized spacial score (nSPS) is 15.0. The summed E-state index contributed by atoms with van der Waals surface area (Å²) >= 11 is 0. The van der Waals surface area contributed by atoms with Gasteiger partial charge in [0.1, 0.15) is 10.7 Å². The van der Waals surface area contributed by atoms with Gasteiger partial charge >= 0.3 is 0 Å².